The Balaban J connectivity index is 1.82. The Hall–Kier alpha value is -1.91. The fourth-order valence-corrected chi connectivity index (χ4v) is 2.74. The Bertz CT molecular complexity index is 513. The van der Waals surface area contributed by atoms with Crippen LogP contribution in [0.4, 0.5) is 0 Å². The summed E-state index contributed by atoms with van der Waals surface area (Å²) in [5.41, 5.74) is 0.997. The molecule has 0 aromatic carbocycles. The van der Waals surface area contributed by atoms with E-state index in [1.54, 1.807) is 12.4 Å². The minimum atomic E-state index is -0.330. The summed E-state index contributed by atoms with van der Waals surface area (Å²) < 4.78 is 0. The number of amides is 2. The minimum Gasteiger partial charge on any atom is -0.344 e. The predicted molar refractivity (Wildman–Crippen MR) is 73.5 cm³/mol. The number of hydrogen-bond donors (Lipinski definition) is 1. The Labute approximate surface area is 118 Å². The molecule has 2 amide bonds. The van der Waals surface area contributed by atoms with Crippen LogP contribution in [0.3, 0.4) is 0 Å². The first-order valence-corrected chi connectivity index (χ1v) is 7.14. The van der Waals surface area contributed by atoms with Crippen molar-refractivity contribution in [3.05, 3.63) is 30.1 Å². The molecule has 1 N–H and O–H groups in total. The third-order valence-electron chi connectivity index (χ3n) is 4.05. The Morgan fingerprint density at radius 1 is 1.40 bits per heavy atom. The number of rotatable bonds is 3. The number of pyridine rings is 1. The van der Waals surface area contributed by atoms with Gasteiger partial charge in [0, 0.05) is 31.4 Å². The van der Waals surface area contributed by atoms with Crippen LogP contribution in [0, 0.1) is 5.92 Å². The molecule has 20 heavy (non-hydrogen) atoms. The standard InChI is InChI=1S/C15H19N3O2/c1-10-7-13(19)17-14(12-4-5-12)15(20)18(10)9-11-3-2-6-16-8-11/h2-3,6,8,10,12,14H,4-5,7,9H2,1H3,(H,17,19). The lowest BCUT2D eigenvalue weighted by molar-refractivity contribution is -0.136. The zero-order valence-electron chi connectivity index (χ0n) is 11.6. The van der Waals surface area contributed by atoms with Crippen LogP contribution < -0.4 is 5.32 Å². The van der Waals surface area contributed by atoms with Crippen LogP contribution in [0.15, 0.2) is 24.5 Å². The van der Waals surface area contributed by atoms with Gasteiger partial charge in [0.1, 0.15) is 6.04 Å². The molecule has 2 fully saturated rings. The average molecular weight is 273 g/mol. The third-order valence-corrected chi connectivity index (χ3v) is 4.05. The van der Waals surface area contributed by atoms with Crippen molar-refractivity contribution in [2.45, 2.75) is 44.8 Å². The van der Waals surface area contributed by atoms with E-state index in [0.29, 0.717) is 18.9 Å². The van der Waals surface area contributed by atoms with Crippen LogP contribution in [0.25, 0.3) is 0 Å². The second-order valence-corrected chi connectivity index (χ2v) is 5.76. The molecule has 1 aliphatic heterocycles. The Morgan fingerprint density at radius 3 is 2.85 bits per heavy atom. The molecule has 0 radical (unpaired) electrons. The first kappa shape index (κ1) is 13.1. The van der Waals surface area contributed by atoms with Crippen molar-refractivity contribution in [1.29, 1.82) is 0 Å². The first-order valence-electron chi connectivity index (χ1n) is 7.14. The highest BCUT2D eigenvalue weighted by atomic mass is 16.2. The fraction of sp³-hybridized carbons (Fsp3) is 0.533. The molecular weight excluding hydrogens is 254 g/mol. The van der Waals surface area contributed by atoms with Crippen molar-refractivity contribution < 1.29 is 9.59 Å². The monoisotopic (exact) mass is 273 g/mol. The molecule has 106 valence electrons. The molecule has 5 heteroatoms. The molecule has 1 aromatic rings. The molecule has 1 saturated heterocycles. The van der Waals surface area contributed by atoms with E-state index >= 15 is 0 Å². The number of carbonyl (C=O) groups excluding carboxylic acids is 2. The zero-order chi connectivity index (χ0) is 14.1. The average Bonchev–Trinajstić information content (AvgIpc) is 3.26. The summed E-state index contributed by atoms with van der Waals surface area (Å²) in [7, 11) is 0. The number of nitrogens with one attached hydrogen (secondary N) is 1. The number of hydrogen-bond acceptors (Lipinski definition) is 3. The van der Waals surface area contributed by atoms with Crippen molar-refractivity contribution in [2.75, 3.05) is 0 Å². The number of carbonyl (C=O) groups is 2. The van der Waals surface area contributed by atoms with Gasteiger partial charge in [-0.2, -0.15) is 0 Å². The quantitative estimate of drug-likeness (QED) is 0.897. The summed E-state index contributed by atoms with van der Waals surface area (Å²) in [5.74, 6) is 0.360. The molecule has 2 unspecified atom stereocenters. The SMILES string of the molecule is CC1CC(=O)NC(C2CC2)C(=O)N1Cc1cccnc1. The second kappa shape index (κ2) is 5.23. The van der Waals surface area contributed by atoms with Crippen LogP contribution in [-0.2, 0) is 16.1 Å². The summed E-state index contributed by atoms with van der Waals surface area (Å²) in [4.78, 5) is 30.5. The molecule has 3 rings (SSSR count). The molecular formula is C15H19N3O2. The lowest BCUT2D eigenvalue weighted by atomic mass is 10.1. The van der Waals surface area contributed by atoms with Gasteiger partial charge in [0.15, 0.2) is 0 Å². The van der Waals surface area contributed by atoms with Gasteiger partial charge in [0.2, 0.25) is 11.8 Å². The second-order valence-electron chi connectivity index (χ2n) is 5.76. The highest BCUT2D eigenvalue weighted by Gasteiger charge is 2.42. The van der Waals surface area contributed by atoms with Crippen LogP contribution in [0.5, 0.6) is 0 Å². The van der Waals surface area contributed by atoms with Crippen LogP contribution in [0.2, 0.25) is 0 Å². The molecule has 2 atom stereocenters. The van der Waals surface area contributed by atoms with E-state index in [1.165, 1.54) is 0 Å². The Morgan fingerprint density at radius 2 is 2.20 bits per heavy atom. The van der Waals surface area contributed by atoms with Crippen molar-refractivity contribution in [3.63, 3.8) is 0 Å². The van der Waals surface area contributed by atoms with Crippen molar-refractivity contribution in [1.82, 2.24) is 15.2 Å². The smallest absolute Gasteiger partial charge is 0.245 e. The topological polar surface area (TPSA) is 62.3 Å². The van der Waals surface area contributed by atoms with Gasteiger partial charge in [-0.05, 0) is 37.3 Å². The van der Waals surface area contributed by atoms with Gasteiger partial charge in [-0.25, -0.2) is 0 Å². The van der Waals surface area contributed by atoms with E-state index in [-0.39, 0.29) is 23.9 Å². The molecule has 1 aromatic heterocycles. The van der Waals surface area contributed by atoms with E-state index in [1.807, 2.05) is 24.0 Å². The minimum absolute atomic E-state index is 0.0172. The molecule has 2 heterocycles. The Kier molecular flexibility index (Phi) is 3.42. The lowest BCUT2D eigenvalue weighted by Gasteiger charge is -2.28. The van der Waals surface area contributed by atoms with E-state index in [9.17, 15) is 9.59 Å². The van der Waals surface area contributed by atoms with E-state index in [2.05, 4.69) is 10.3 Å². The third kappa shape index (κ3) is 2.66. The van der Waals surface area contributed by atoms with Gasteiger partial charge in [0.25, 0.3) is 0 Å². The zero-order valence-corrected chi connectivity index (χ0v) is 11.6. The summed E-state index contributed by atoms with van der Waals surface area (Å²) in [6.45, 7) is 2.45. The van der Waals surface area contributed by atoms with Gasteiger partial charge in [-0.3, -0.25) is 14.6 Å². The fourth-order valence-electron chi connectivity index (χ4n) is 2.74. The summed E-state index contributed by atoms with van der Waals surface area (Å²) in [6, 6.07) is 3.42. The van der Waals surface area contributed by atoms with Crippen LogP contribution in [0.1, 0.15) is 31.7 Å². The van der Waals surface area contributed by atoms with Gasteiger partial charge < -0.3 is 10.2 Å². The maximum Gasteiger partial charge on any atom is 0.245 e. The molecule has 0 spiro atoms. The highest BCUT2D eigenvalue weighted by Crippen LogP contribution is 2.35. The molecule has 2 aliphatic rings. The molecule has 0 bridgehead atoms. The predicted octanol–water partition coefficient (Wildman–Crippen LogP) is 1.10. The van der Waals surface area contributed by atoms with Crippen molar-refractivity contribution in [3.8, 4) is 0 Å². The van der Waals surface area contributed by atoms with Crippen molar-refractivity contribution >= 4 is 11.8 Å². The molecule has 5 nitrogen and oxygen atoms in total. The molecule has 1 saturated carbocycles. The van der Waals surface area contributed by atoms with E-state index in [0.717, 1.165) is 18.4 Å². The first-order chi connectivity index (χ1) is 9.65. The lowest BCUT2D eigenvalue weighted by Crippen LogP contribution is -2.47. The summed E-state index contributed by atoms with van der Waals surface area (Å²) in [6.07, 6.45) is 5.92. The maximum atomic E-state index is 12.7. The maximum absolute atomic E-state index is 12.7. The largest absolute Gasteiger partial charge is 0.344 e. The van der Waals surface area contributed by atoms with Gasteiger partial charge in [-0.1, -0.05) is 6.07 Å². The normalized spacial score (nSPS) is 27.1. The van der Waals surface area contributed by atoms with Gasteiger partial charge in [-0.15, -0.1) is 0 Å². The van der Waals surface area contributed by atoms with Crippen molar-refractivity contribution in [2.24, 2.45) is 5.92 Å². The van der Waals surface area contributed by atoms with Crippen LogP contribution in [-0.4, -0.2) is 33.8 Å². The summed E-state index contributed by atoms with van der Waals surface area (Å²) >= 11 is 0. The van der Waals surface area contributed by atoms with E-state index in [4.69, 9.17) is 0 Å². The number of nitrogens with zero attached hydrogens (tertiary/aromatic N) is 2. The van der Waals surface area contributed by atoms with Crippen LogP contribution >= 0.6 is 0 Å². The molecule has 1 aliphatic carbocycles. The van der Waals surface area contributed by atoms with E-state index < -0.39 is 0 Å². The highest BCUT2D eigenvalue weighted by molar-refractivity contribution is 5.91. The number of aromatic nitrogens is 1. The summed E-state index contributed by atoms with van der Waals surface area (Å²) in [5, 5.41) is 2.89. The van der Waals surface area contributed by atoms with Gasteiger partial charge in [0.05, 0.1) is 0 Å². The van der Waals surface area contributed by atoms with Gasteiger partial charge >= 0.3 is 0 Å².